The molecule has 5 amide bonds. The largest absolute Gasteiger partial charge is 0.343 e. The molecule has 0 unspecified atom stereocenters. The zero-order chi connectivity index (χ0) is 38.1. The Balaban J connectivity index is 1.35. The second kappa shape index (κ2) is 21.3. The molecular formula is C40H56N7O6. The van der Waals surface area contributed by atoms with Crippen LogP contribution in [0, 0.1) is 5.92 Å². The Bertz CT molecular complexity index is 1500. The van der Waals surface area contributed by atoms with Crippen molar-refractivity contribution in [2.24, 2.45) is 11.7 Å². The number of carbonyl (C=O) groups is 5. The fourth-order valence-corrected chi connectivity index (χ4v) is 7.25. The zero-order valence-electron chi connectivity index (χ0n) is 30.8. The van der Waals surface area contributed by atoms with E-state index in [1.165, 1.54) is 0 Å². The molecule has 0 aromatic heterocycles. The number of carbonyl (C=O) groups excluding carboxylic acids is 6. The normalized spacial score (nSPS) is 18.8. The van der Waals surface area contributed by atoms with Crippen molar-refractivity contribution in [1.82, 2.24) is 31.9 Å². The summed E-state index contributed by atoms with van der Waals surface area (Å²) in [5.74, 6) is -2.01. The summed E-state index contributed by atoms with van der Waals surface area (Å²) in [4.78, 5) is 79.3. The summed E-state index contributed by atoms with van der Waals surface area (Å²) in [6, 6.07) is 14.9. The highest BCUT2D eigenvalue weighted by Crippen LogP contribution is 2.31. The van der Waals surface area contributed by atoms with Crippen LogP contribution in [-0.2, 0) is 36.8 Å². The van der Waals surface area contributed by atoms with Gasteiger partial charge in [0.05, 0.1) is 18.1 Å². The molecule has 1 aliphatic heterocycles. The zero-order valence-corrected chi connectivity index (χ0v) is 30.8. The molecule has 1 radical (unpaired) electrons. The van der Waals surface area contributed by atoms with E-state index in [0.717, 1.165) is 49.7 Å². The van der Waals surface area contributed by atoms with Gasteiger partial charge in [0, 0.05) is 13.0 Å². The van der Waals surface area contributed by atoms with Crippen molar-refractivity contribution in [3.8, 4) is 0 Å². The standard InChI is InChI=1S/C40H56N7O6/c1-42-33(24-28-14-5-2-6-15-28)37(51)46-39(53)44-22-12-11-20-31(41)35(49)40(27-48,26-30-18-9-4-10-19-30)47-38(52)34(25-29-16-7-3-8-17-29)45-36(50)32-21-13-23-43-32/h2-3,5-8,14-17,30-34,42-43H,4,9-13,18-26,41H2,1H3,(H,45,50)(H,47,52)(H2,44,46,51,53)/t31-,32-,33-,34-,40-/m0/s1. The van der Waals surface area contributed by atoms with Crippen molar-refractivity contribution >= 4 is 35.8 Å². The number of amides is 5. The van der Waals surface area contributed by atoms with Gasteiger partial charge in [0.1, 0.15) is 6.04 Å². The molecule has 1 heterocycles. The number of ketones is 1. The van der Waals surface area contributed by atoms with Crippen LogP contribution in [0.4, 0.5) is 4.79 Å². The lowest BCUT2D eigenvalue weighted by Gasteiger charge is -2.35. The number of hydrogen-bond acceptors (Lipinski definition) is 9. The fraction of sp³-hybridized carbons (Fsp3) is 0.550. The van der Waals surface area contributed by atoms with Crippen LogP contribution in [0.5, 0.6) is 0 Å². The molecule has 2 fully saturated rings. The predicted octanol–water partition coefficient (Wildman–Crippen LogP) is 2.12. The molecule has 2 aromatic rings. The van der Waals surface area contributed by atoms with Crippen LogP contribution in [0.15, 0.2) is 60.7 Å². The molecule has 53 heavy (non-hydrogen) atoms. The van der Waals surface area contributed by atoms with E-state index in [0.29, 0.717) is 32.2 Å². The first-order valence-corrected chi connectivity index (χ1v) is 19.0. The molecule has 4 rings (SSSR count). The quantitative estimate of drug-likeness (QED) is 0.0788. The predicted molar refractivity (Wildman–Crippen MR) is 202 cm³/mol. The maximum Gasteiger partial charge on any atom is 0.321 e. The fourth-order valence-electron chi connectivity index (χ4n) is 7.25. The van der Waals surface area contributed by atoms with Gasteiger partial charge in [-0.3, -0.25) is 29.3 Å². The Morgan fingerprint density at radius 1 is 0.849 bits per heavy atom. The van der Waals surface area contributed by atoms with Crippen molar-refractivity contribution in [2.45, 2.75) is 113 Å². The molecule has 13 nitrogen and oxygen atoms in total. The number of imide groups is 1. The number of urea groups is 1. The minimum absolute atomic E-state index is 0.0205. The number of nitrogens with one attached hydrogen (secondary N) is 6. The van der Waals surface area contributed by atoms with Crippen LogP contribution >= 0.6 is 0 Å². The van der Waals surface area contributed by atoms with Gasteiger partial charge in [-0.25, -0.2) is 4.79 Å². The van der Waals surface area contributed by atoms with Crippen LogP contribution in [0.2, 0.25) is 0 Å². The third kappa shape index (κ3) is 12.9. The number of Topliss-reactive ketones (excluding diaryl/α,β-unsaturated/α-hetero) is 1. The van der Waals surface area contributed by atoms with Gasteiger partial charge in [-0.1, -0.05) is 92.8 Å². The first-order chi connectivity index (χ1) is 25.6. The summed E-state index contributed by atoms with van der Waals surface area (Å²) in [5.41, 5.74) is 6.22. The average Bonchev–Trinajstić information content (AvgIpc) is 3.73. The maximum atomic E-state index is 14.1. The summed E-state index contributed by atoms with van der Waals surface area (Å²) < 4.78 is 0. The lowest BCUT2D eigenvalue weighted by molar-refractivity contribution is -0.134. The molecule has 1 saturated heterocycles. The van der Waals surface area contributed by atoms with Crippen molar-refractivity contribution < 1.29 is 28.8 Å². The lowest BCUT2D eigenvalue weighted by Crippen LogP contribution is -2.65. The Kier molecular flexibility index (Phi) is 16.6. The van der Waals surface area contributed by atoms with Gasteiger partial charge in [-0.15, -0.1) is 0 Å². The summed E-state index contributed by atoms with van der Waals surface area (Å²) in [5, 5.41) is 16.7. The third-order valence-electron chi connectivity index (χ3n) is 10.3. The van der Waals surface area contributed by atoms with E-state index >= 15 is 0 Å². The van der Waals surface area contributed by atoms with Crippen LogP contribution in [0.25, 0.3) is 0 Å². The SMILES string of the molecule is CN[C@@H](Cc1ccccc1)C(=O)NC(=O)NCCCC[C@H](N)C(=O)[C@@]([C]=O)(CC1CCCCC1)NC(=O)[C@H](Cc1ccccc1)NC(=O)[C@@H]1CCCN1. The highest BCUT2D eigenvalue weighted by molar-refractivity contribution is 6.09. The number of hydrogen-bond donors (Lipinski definition) is 7. The summed E-state index contributed by atoms with van der Waals surface area (Å²) >= 11 is 0. The van der Waals surface area contributed by atoms with Crippen LogP contribution in [0.3, 0.4) is 0 Å². The van der Waals surface area contributed by atoms with Crippen molar-refractivity contribution in [2.75, 3.05) is 20.1 Å². The van der Waals surface area contributed by atoms with E-state index in [-0.39, 0.29) is 37.6 Å². The van der Waals surface area contributed by atoms with Gasteiger partial charge in [0.25, 0.3) is 0 Å². The topological polar surface area (TPSA) is 201 Å². The van der Waals surface area contributed by atoms with Gasteiger partial charge in [-0.05, 0) is 75.6 Å². The summed E-state index contributed by atoms with van der Waals surface area (Å²) in [6.45, 7) is 0.934. The molecule has 0 spiro atoms. The Morgan fingerprint density at radius 3 is 2.08 bits per heavy atom. The van der Waals surface area contributed by atoms with Crippen LogP contribution in [-0.4, -0.2) is 85.7 Å². The van der Waals surface area contributed by atoms with E-state index in [4.69, 9.17) is 5.73 Å². The highest BCUT2D eigenvalue weighted by atomic mass is 16.2. The lowest BCUT2D eigenvalue weighted by atomic mass is 9.76. The monoisotopic (exact) mass is 730 g/mol. The minimum atomic E-state index is -1.98. The molecule has 2 aromatic carbocycles. The average molecular weight is 731 g/mol. The smallest absolute Gasteiger partial charge is 0.321 e. The molecule has 2 aliphatic rings. The van der Waals surface area contributed by atoms with Crippen molar-refractivity contribution in [1.29, 1.82) is 0 Å². The minimum Gasteiger partial charge on any atom is -0.343 e. The molecule has 1 aliphatic carbocycles. The van der Waals surface area contributed by atoms with Gasteiger partial charge in [-0.2, -0.15) is 0 Å². The number of nitrogens with two attached hydrogens (primary N) is 1. The molecule has 8 N–H and O–H groups in total. The second-order valence-electron chi connectivity index (χ2n) is 14.3. The maximum absolute atomic E-state index is 14.1. The first kappa shape index (κ1) is 41.3. The van der Waals surface area contributed by atoms with Gasteiger partial charge in [0.2, 0.25) is 24.0 Å². The van der Waals surface area contributed by atoms with E-state index < -0.39 is 53.3 Å². The second-order valence-corrected chi connectivity index (χ2v) is 14.3. The summed E-state index contributed by atoms with van der Waals surface area (Å²) in [6.07, 6.45) is 9.80. The number of unbranched alkanes of at least 4 members (excludes halogenated alkanes) is 1. The van der Waals surface area contributed by atoms with Crippen molar-refractivity contribution in [3.05, 3.63) is 71.8 Å². The van der Waals surface area contributed by atoms with E-state index in [9.17, 15) is 28.8 Å². The van der Waals surface area contributed by atoms with Crippen molar-refractivity contribution in [3.63, 3.8) is 0 Å². The van der Waals surface area contributed by atoms with Crippen LogP contribution in [0.1, 0.15) is 81.8 Å². The molecule has 5 atom stereocenters. The van der Waals surface area contributed by atoms with E-state index in [1.54, 1.807) is 7.05 Å². The first-order valence-electron chi connectivity index (χ1n) is 19.0. The van der Waals surface area contributed by atoms with Gasteiger partial charge >= 0.3 is 6.03 Å². The van der Waals surface area contributed by atoms with E-state index in [2.05, 4.69) is 31.9 Å². The van der Waals surface area contributed by atoms with E-state index in [1.807, 2.05) is 66.9 Å². The highest BCUT2D eigenvalue weighted by Gasteiger charge is 2.46. The molecule has 0 bridgehead atoms. The Hall–Kier alpha value is -4.46. The number of likely N-dealkylation sites (N-methyl/N-ethyl adjacent to an activating group) is 1. The molecule has 287 valence electrons. The molecular weight excluding hydrogens is 674 g/mol. The third-order valence-corrected chi connectivity index (χ3v) is 10.3. The van der Waals surface area contributed by atoms with Gasteiger partial charge in [0.15, 0.2) is 11.3 Å². The van der Waals surface area contributed by atoms with Gasteiger partial charge < -0.3 is 32.3 Å². The Labute approximate surface area is 312 Å². The number of benzene rings is 2. The summed E-state index contributed by atoms with van der Waals surface area (Å²) in [7, 11) is 1.66. The molecule has 1 saturated carbocycles. The Morgan fingerprint density at radius 2 is 1.49 bits per heavy atom. The molecule has 13 heteroatoms. The van der Waals surface area contributed by atoms with Crippen LogP contribution < -0.4 is 37.6 Å². The number of rotatable bonds is 20.